The third kappa shape index (κ3) is 10.7. The van der Waals surface area contributed by atoms with Crippen LogP contribution in [-0.2, 0) is 0 Å². The van der Waals surface area contributed by atoms with E-state index in [-0.39, 0.29) is 0 Å². The Bertz CT molecular complexity index is 325. The van der Waals surface area contributed by atoms with Crippen molar-refractivity contribution in [3.63, 3.8) is 0 Å². The van der Waals surface area contributed by atoms with Gasteiger partial charge in [-0.15, -0.1) is 0 Å². The second kappa shape index (κ2) is 15.6. The number of allylic oxidation sites excluding steroid dienone is 1. The predicted octanol–water partition coefficient (Wildman–Crippen LogP) is 5.30. The molecule has 1 aliphatic rings. The van der Waals surface area contributed by atoms with Gasteiger partial charge in [-0.1, -0.05) is 83.6 Å². The summed E-state index contributed by atoms with van der Waals surface area (Å²) in [7, 11) is 0. The molecular formula is C21H41N3. The van der Waals surface area contributed by atoms with Crippen LogP contribution in [0, 0.1) is 0 Å². The summed E-state index contributed by atoms with van der Waals surface area (Å²) in [5, 5.41) is 3.34. The number of nitrogens with two attached hydrogens (primary N) is 1. The lowest BCUT2D eigenvalue weighted by Crippen LogP contribution is -2.36. The van der Waals surface area contributed by atoms with E-state index in [2.05, 4.69) is 35.5 Å². The van der Waals surface area contributed by atoms with Crippen molar-refractivity contribution < 1.29 is 0 Å². The minimum atomic E-state index is 0.311. The lowest BCUT2D eigenvalue weighted by molar-refractivity contribution is 0.333. The number of nitrogens with zero attached hydrogens (tertiary/aromatic N) is 1. The average Bonchev–Trinajstić information content (AvgIpc) is 3.03. The minimum absolute atomic E-state index is 0.311. The summed E-state index contributed by atoms with van der Waals surface area (Å²) < 4.78 is 0. The first-order chi connectivity index (χ1) is 11.9. The Kier molecular flexibility index (Phi) is 13.7. The monoisotopic (exact) mass is 335 g/mol. The highest BCUT2D eigenvalue weighted by Gasteiger charge is 2.13. The zero-order chi connectivity index (χ0) is 17.3. The minimum Gasteiger partial charge on any atom is -0.367 e. The average molecular weight is 336 g/mol. The van der Waals surface area contributed by atoms with E-state index in [1.165, 1.54) is 83.5 Å². The summed E-state index contributed by atoms with van der Waals surface area (Å²) in [6.07, 6.45) is 27.2. The van der Waals surface area contributed by atoms with Gasteiger partial charge in [0.1, 0.15) is 6.17 Å². The van der Waals surface area contributed by atoms with Gasteiger partial charge in [0.2, 0.25) is 0 Å². The number of unbranched alkanes of at least 4 members (excludes halogenated alkanes) is 12. The van der Waals surface area contributed by atoms with Crippen molar-refractivity contribution in [3.8, 4) is 0 Å². The number of hydrogen-bond donors (Lipinski definition) is 2. The van der Waals surface area contributed by atoms with Gasteiger partial charge in [-0.05, 0) is 18.9 Å². The molecule has 0 aromatic heterocycles. The molecule has 1 atom stereocenters. The first kappa shape index (κ1) is 21.1. The largest absolute Gasteiger partial charge is 0.367 e. The summed E-state index contributed by atoms with van der Waals surface area (Å²) in [6, 6.07) is 0. The molecule has 1 rings (SSSR count). The zero-order valence-electron chi connectivity index (χ0n) is 16.0. The van der Waals surface area contributed by atoms with Gasteiger partial charge >= 0.3 is 0 Å². The molecule has 1 heterocycles. The van der Waals surface area contributed by atoms with Crippen LogP contribution >= 0.6 is 0 Å². The molecule has 1 unspecified atom stereocenters. The molecule has 0 saturated carbocycles. The standard InChI is InChI=1S/C21H41N3/c1-2-3-4-5-6-7-8-9-10-11-12-13-14-15-16-21-23-18-20-24(21)19-17-22/h15-16,18,20-21,23H,2-14,17,19,22H2,1H3/b16-15+. The van der Waals surface area contributed by atoms with E-state index in [0.717, 1.165) is 6.54 Å². The highest BCUT2D eigenvalue weighted by molar-refractivity contribution is 5.04. The van der Waals surface area contributed by atoms with Crippen molar-refractivity contribution in [1.82, 2.24) is 10.2 Å². The Morgan fingerprint density at radius 1 is 0.917 bits per heavy atom. The molecule has 0 aromatic rings. The Hall–Kier alpha value is -0.960. The molecular weight excluding hydrogens is 294 g/mol. The Morgan fingerprint density at radius 2 is 1.50 bits per heavy atom. The normalized spacial score (nSPS) is 17.1. The fourth-order valence-electron chi connectivity index (χ4n) is 3.28. The highest BCUT2D eigenvalue weighted by Crippen LogP contribution is 2.13. The van der Waals surface area contributed by atoms with Crippen LogP contribution in [0.4, 0.5) is 0 Å². The topological polar surface area (TPSA) is 41.3 Å². The Balaban J connectivity index is 1.83. The molecule has 0 aromatic carbocycles. The van der Waals surface area contributed by atoms with Crippen LogP contribution in [0.25, 0.3) is 0 Å². The van der Waals surface area contributed by atoms with E-state index in [1.54, 1.807) is 0 Å². The SMILES string of the molecule is CCCCCCCCCCCCCC/C=C/C1NC=CN1CCN. The van der Waals surface area contributed by atoms with Crippen LogP contribution in [0.1, 0.15) is 90.4 Å². The van der Waals surface area contributed by atoms with Crippen molar-refractivity contribution in [2.24, 2.45) is 5.73 Å². The molecule has 3 N–H and O–H groups in total. The van der Waals surface area contributed by atoms with Crippen LogP contribution in [0.3, 0.4) is 0 Å². The molecule has 0 aliphatic carbocycles. The molecule has 140 valence electrons. The molecule has 0 spiro atoms. The van der Waals surface area contributed by atoms with Gasteiger partial charge in [0, 0.05) is 25.5 Å². The van der Waals surface area contributed by atoms with E-state index in [4.69, 9.17) is 5.73 Å². The van der Waals surface area contributed by atoms with Crippen LogP contribution < -0.4 is 11.1 Å². The van der Waals surface area contributed by atoms with E-state index in [1.807, 2.05) is 6.20 Å². The predicted molar refractivity (Wildman–Crippen MR) is 107 cm³/mol. The molecule has 24 heavy (non-hydrogen) atoms. The molecule has 0 fully saturated rings. The van der Waals surface area contributed by atoms with Gasteiger partial charge in [0.15, 0.2) is 0 Å². The van der Waals surface area contributed by atoms with Crippen LogP contribution in [0.15, 0.2) is 24.6 Å². The second-order valence-electron chi connectivity index (χ2n) is 7.06. The van der Waals surface area contributed by atoms with Crippen LogP contribution in [0.2, 0.25) is 0 Å². The van der Waals surface area contributed by atoms with E-state index >= 15 is 0 Å². The highest BCUT2D eigenvalue weighted by atomic mass is 15.3. The maximum absolute atomic E-state index is 5.62. The number of rotatable bonds is 16. The van der Waals surface area contributed by atoms with Crippen molar-refractivity contribution in [2.75, 3.05) is 13.1 Å². The van der Waals surface area contributed by atoms with Crippen molar-refractivity contribution >= 4 is 0 Å². The molecule has 0 radical (unpaired) electrons. The van der Waals surface area contributed by atoms with Crippen molar-refractivity contribution in [1.29, 1.82) is 0 Å². The first-order valence-electron chi connectivity index (χ1n) is 10.4. The zero-order valence-corrected chi connectivity index (χ0v) is 16.0. The van der Waals surface area contributed by atoms with Gasteiger partial charge in [-0.3, -0.25) is 0 Å². The third-order valence-electron chi connectivity index (χ3n) is 4.82. The summed E-state index contributed by atoms with van der Waals surface area (Å²) >= 11 is 0. The van der Waals surface area contributed by atoms with Crippen molar-refractivity contribution in [3.05, 3.63) is 24.6 Å². The number of nitrogens with one attached hydrogen (secondary N) is 1. The molecule has 0 saturated heterocycles. The molecule has 3 nitrogen and oxygen atoms in total. The smallest absolute Gasteiger partial charge is 0.118 e. The van der Waals surface area contributed by atoms with Crippen molar-refractivity contribution in [2.45, 2.75) is 96.6 Å². The molecule has 3 heteroatoms. The first-order valence-corrected chi connectivity index (χ1v) is 10.4. The summed E-state index contributed by atoms with van der Waals surface area (Å²) in [6.45, 7) is 3.90. The Morgan fingerprint density at radius 3 is 2.08 bits per heavy atom. The third-order valence-corrected chi connectivity index (χ3v) is 4.82. The maximum Gasteiger partial charge on any atom is 0.118 e. The Labute approximate surface area is 150 Å². The number of hydrogen-bond acceptors (Lipinski definition) is 3. The van der Waals surface area contributed by atoms with E-state index in [0.29, 0.717) is 12.7 Å². The van der Waals surface area contributed by atoms with Gasteiger partial charge in [0.05, 0.1) is 0 Å². The molecule has 0 bridgehead atoms. The van der Waals surface area contributed by atoms with Crippen LogP contribution in [-0.4, -0.2) is 24.2 Å². The van der Waals surface area contributed by atoms with Gasteiger partial charge in [-0.25, -0.2) is 0 Å². The summed E-state index contributed by atoms with van der Waals surface area (Å²) in [5.41, 5.74) is 5.62. The maximum atomic E-state index is 5.62. The van der Waals surface area contributed by atoms with Crippen LogP contribution in [0.5, 0.6) is 0 Å². The lowest BCUT2D eigenvalue weighted by atomic mass is 10.0. The lowest BCUT2D eigenvalue weighted by Gasteiger charge is -2.21. The van der Waals surface area contributed by atoms with Gasteiger partial charge in [0.25, 0.3) is 0 Å². The van der Waals surface area contributed by atoms with Gasteiger partial charge in [-0.2, -0.15) is 0 Å². The summed E-state index contributed by atoms with van der Waals surface area (Å²) in [4.78, 5) is 2.25. The molecule has 1 aliphatic heterocycles. The van der Waals surface area contributed by atoms with Gasteiger partial charge < -0.3 is 16.0 Å². The fraction of sp³-hybridized carbons (Fsp3) is 0.810. The van der Waals surface area contributed by atoms with E-state index < -0.39 is 0 Å². The second-order valence-corrected chi connectivity index (χ2v) is 7.06. The summed E-state index contributed by atoms with van der Waals surface area (Å²) in [5.74, 6) is 0. The molecule has 0 amide bonds. The fourth-order valence-corrected chi connectivity index (χ4v) is 3.28. The quantitative estimate of drug-likeness (QED) is 0.297. The van der Waals surface area contributed by atoms with E-state index in [9.17, 15) is 0 Å².